The first kappa shape index (κ1) is 11.2. The number of hydrogen-bond acceptors (Lipinski definition) is 3. The molecule has 0 aromatic carbocycles. The summed E-state index contributed by atoms with van der Waals surface area (Å²) in [5.74, 6) is -0.202. The fraction of sp³-hybridized carbons (Fsp3) is 0.500. The van der Waals surface area contributed by atoms with Crippen LogP contribution in [0.4, 0.5) is 0 Å². The molecule has 1 amide bonds. The van der Waals surface area contributed by atoms with Gasteiger partial charge >= 0.3 is 0 Å². The van der Waals surface area contributed by atoms with E-state index in [-0.39, 0.29) is 18.5 Å². The third kappa shape index (κ3) is 2.56. The summed E-state index contributed by atoms with van der Waals surface area (Å²) in [7, 11) is 1.75. The van der Waals surface area contributed by atoms with E-state index in [1.54, 1.807) is 24.0 Å². The van der Waals surface area contributed by atoms with Gasteiger partial charge in [0.2, 0.25) is 0 Å². The van der Waals surface area contributed by atoms with Crippen LogP contribution >= 0.6 is 0 Å². The Morgan fingerprint density at radius 1 is 1.73 bits per heavy atom. The molecule has 0 radical (unpaired) electrons. The highest BCUT2D eigenvalue weighted by Gasteiger charge is 2.20. The smallest absolute Gasteiger partial charge is 0.275 e. The number of aryl methyl sites for hydroxylation is 1. The molecule has 0 unspecified atom stereocenters. The summed E-state index contributed by atoms with van der Waals surface area (Å²) in [6.45, 7) is 3.84. The fourth-order valence-electron chi connectivity index (χ4n) is 1.24. The van der Waals surface area contributed by atoms with E-state index in [0.29, 0.717) is 5.69 Å². The van der Waals surface area contributed by atoms with Gasteiger partial charge in [-0.2, -0.15) is 10.4 Å². The lowest BCUT2D eigenvalue weighted by Crippen LogP contribution is -2.37. The number of hydrogen-bond donors (Lipinski definition) is 0. The van der Waals surface area contributed by atoms with Crippen LogP contribution in [0.2, 0.25) is 0 Å². The van der Waals surface area contributed by atoms with E-state index in [2.05, 4.69) is 5.10 Å². The monoisotopic (exact) mass is 206 g/mol. The van der Waals surface area contributed by atoms with Gasteiger partial charge in [0.05, 0.1) is 6.07 Å². The minimum Gasteiger partial charge on any atom is -0.322 e. The van der Waals surface area contributed by atoms with Gasteiger partial charge in [0.1, 0.15) is 12.2 Å². The molecule has 80 valence electrons. The zero-order chi connectivity index (χ0) is 11.4. The molecule has 5 heteroatoms. The fourth-order valence-corrected chi connectivity index (χ4v) is 1.24. The Labute approximate surface area is 88.9 Å². The van der Waals surface area contributed by atoms with E-state index in [1.165, 1.54) is 4.90 Å². The normalized spacial score (nSPS) is 10.1. The lowest BCUT2D eigenvalue weighted by atomic mass is 10.3. The SMILES string of the molecule is CC(C)N(CC#N)C(=O)c1ccn(C)n1. The maximum absolute atomic E-state index is 11.9. The first-order valence-corrected chi connectivity index (χ1v) is 4.74. The molecule has 0 fully saturated rings. The van der Waals surface area contributed by atoms with Gasteiger partial charge < -0.3 is 4.90 Å². The van der Waals surface area contributed by atoms with Gasteiger partial charge in [-0.15, -0.1) is 0 Å². The summed E-state index contributed by atoms with van der Waals surface area (Å²) >= 11 is 0. The summed E-state index contributed by atoms with van der Waals surface area (Å²) in [5.41, 5.74) is 0.376. The van der Waals surface area contributed by atoms with Gasteiger partial charge in [0, 0.05) is 19.3 Å². The molecule has 1 heterocycles. The van der Waals surface area contributed by atoms with Crippen molar-refractivity contribution in [3.05, 3.63) is 18.0 Å². The van der Waals surface area contributed by atoms with Crippen LogP contribution < -0.4 is 0 Å². The molecule has 0 bridgehead atoms. The molecule has 0 saturated carbocycles. The van der Waals surface area contributed by atoms with E-state index in [9.17, 15) is 4.79 Å². The molecule has 0 spiro atoms. The van der Waals surface area contributed by atoms with Crippen molar-refractivity contribution < 1.29 is 4.79 Å². The number of amides is 1. The number of carbonyl (C=O) groups excluding carboxylic acids is 1. The molecular weight excluding hydrogens is 192 g/mol. The van der Waals surface area contributed by atoms with Crippen molar-refractivity contribution in [3.8, 4) is 6.07 Å². The predicted molar refractivity (Wildman–Crippen MR) is 55.0 cm³/mol. The van der Waals surface area contributed by atoms with Gasteiger partial charge in [-0.1, -0.05) is 0 Å². The number of nitriles is 1. The summed E-state index contributed by atoms with van der Waals surface area (Å²) in [5, 5.41) is 12.6. The van der Waals surface area contributed by atoms with Crippen LogP contribution in [0.25, 0.3) is 0 Å². The van der Waals surface area contributed by atoms with Crippen LogP contribution in [-0.2, 0) is 7.05 Å². The zero-order valence-corrected chi connectivity index (χ0v) is 9.14. The van der Waals surface area contributed by atoms with Crippen molar-refractivity contribution >= 4 is 5.91 Å². The quantitative estimate of drug-likeness (QED) is 0.687. The Hall–Kier alpha value is -1.83. The van der Waals surface area contributed by atoms with Gasteiger partial charge in [-0.3, -0.25) is 9.48 Å². The van der Waals surface area contributed by atoms with Crippen molar-refractivity contribution in [1.29, 1.82) is 5.26 Å². The lowest BCUT2D eigenvalue weighted by molar-refractivity contribution is 0.0724. The van der Waals surface area contributed by atoms with Gasteiger partial charge in [0.15, 0.2) is 0 Å². The molecule has 0 aliphatic rings. The lowest BCUT2D eigenvalue weighted by Gasteiger charge is -2.22. The van der Waals surface area contributed by atoms with E-state index < -0.39 is 0 Å². The Morgan fingerprint density at radius 3 is 2.80 bits per heavy atom. The molecule has 0 atom stereocenters. The van der Waals surface area contributed by atoms with Gasteiger partial charge in [0.25, 0.3) is 5.91 Å². The van der Waals surface area contributed by atoms with Crippen molar-refractivity contribution in [2.45, 2.75) is 19.9 Å². The molecule has 1 aromatic heterocycles. The largest absolute Gasteiger partial charge is 0.322 e. The Balaban J connectivity index is 2.86. The standard InChI is InChI=1S/C10H14N4O/c1-8(2)14(7-5-11)10(15)9-4-6-13(3)12-9/h4,6,8H,7H2,1-3H3. The highest BCUT2D eigenvalue weighted by atomic mass is 16.2. The maximum Gasteiger partial charge on any atom is 0.275 e. The molecule has 0 N–H and O–H groups in total. The van der Waals surface area contributed by atoms with Crippen molar-refractivity contribution in [1.82, 2.24) is 14.7 Å². The topological polar surface area (TPSA) is 61.9 Å². The van der Waals surface area contributed by atoms with E-state index >= 15 is 0 Å². The molecule has 15 heavy (non-hydrogen) atoms. The summed E-state index contributed by atoms with van der Waals surface area (Å²) in [4.78, 5) is 13.4. The second kappa shape index (κ2) is 4.60. The number of aromatic nitrogens is 2. The highest BCUT2D eigenvalue weighted by Crippen LogP contribution is 2.05. The van der Waals surface area contributed by atoms with Crippen LogP contribution in [0, 0.1) is 11.3 Å². The number of rotatable bonds is 3. The first-order valence-electron chi connectivity index (χ1n) is 4.74. The predicted octanol–water partition coefficient (Wildman–Crippen LogP) is 0.794. The Bertz CT molecular complexity index is 388. The summed E-state index contributed by atoms with van der Waals surface area (Å²) < 4.78 is 1.57. The molecule has 5 nitrogen and oxygen atoms in total. The van der Waals surface area contributed by atoms with Crippen molar-refractivity contribution in [3.63, 3.8) is 0 Å². The van der Waals surface area contributed by atoms with Gasteiger partial charge in [-0.25, -0.2) is 0 Å². The summed E-state index contributed by atoms with van der Waals surface area (Å²) in [6.07, 6.45) is 1.71. The minimum absolute atomic E-state index is 0.000781. The molecule has 1 rings (SSSR count). The van der Waals surface area contributed by atoms with E-state index in [4.69, 9.17) is 5.26 Å². The van der Waals surface area contributed by atoms with Crippen LogP contribution in [0.5, 0.6) is 0 Å². The number of nitrogens with zero attached hydrogens (tertiary/aromatic N) is 4. The van der Waals surface area contributed by atoms with Crippen LogP contribution in [0.15, 0.2) is 12.3 Å². The second-order valence-electron chi connectivity index (χ2n) is 3.56. The average molecular weight is 206 g/mol. The van der Waals surface area contributed by atoms with Crippen molar-refractivity contribution in [2.24, 2.45) is 7.05 Å². The highest BCUT2D eigenvalue weighted by molar-refractivity contribution is 5.92. The van der Waals surface area contributed by atoms with Crippen molar-refractivity contribution in [2.75, 3.05) is 6.54 Å². The third-order valence-electron chi connectivity index (χ3n) is 2.06. The Morgan fingerprint density at radius 2 is 2.40 bits per heavy atom. The summed E-state index contributed by atoms with van der Waals surface area (Å²) in [6, 6.07) is 3.62. The third-order valence-corrected chi connectivity index (χ3v) is 2.06. The van der Waals surface area contributed by atoms with Gasteiger partial charge in [-0.05, 0) is 19.9 Å². The zero-order valence-electron chi connectivity index (χ0n) is 9.14. The maximum atomic E-state index is 11.9. The van der Waals surface area contributed by atoms with E-state index in [1.807, 2.05) is 19.9 Å². The van der Waals surface area contributed by atoms with Crippen LogP contribution in [0.3, 0.4) is 0 Å². The number of carbonyl (C=O) groups is 1. The van der Waals surface area contributed by atoms with Crippen LogP contribution in [-0.4, -0.2) is 33.2 Å². The molecular formula is C10H14N4O. The van der Waals surface area contributed by atoms with E-state index in [0.717, 1.165) is 0 Å². The Kier molecular flexibility index (Phi) is 3.45. The first-order chi connectivity index (χ1) is 7.06. The molecule has 1 aromatic rings. The molecule has 0 saturated heterocycles. The average Bonchev–Trinajstić information content (AvgIpc) is 2.59. The second-order valence-corrected chi connectivity index (χ2v) is 3.56. The molecule has 0 aliphatic heterocycles. The van der Waals surface area contributed by atoms with Crippen LogP contribution in [0.1, 0.15) is 24.3 Å². The molecule has 0 aliphatic carbocycles. The minimum atomic E-state index is -0.202.